The van der Waals surface area contributed by atoms with E-state index >= 15 is 0 Å². The fraction of sp³-hybridized carbons (Fsp3) is 0.500. The molecule has 0 fully saturated rings. The molecule has 0 aromatic heterocycles. The van der Waals surface area contributed by atoms with Gasteiger partial charge in [-0.1, -0.05) is 0 Å². The Labute approximate surface area is 57.9 Å². The molecule has 0 aromatic rings. The minimum atomic E-state index is -1.01. The minimum absolute atomic E-state index is 0.193. The van der Waals surface area contributed by atoms with Crippen molar-refractivity contribution >= 4 is 12.2 Å². The van der Waals surface area contributed by atoms with E-state index in [1.165, 1.54) is 0 Å². The molecule has 0 spiro atoms. The standard InChI is InChI=1S/C4H10N4O2/c5-4(6)8-7-1-3(10)2-9/h1,3,9-10H,2H2,(H4,5,6,8)/b7-1+/t3-/m1/s1. The van der Waals surface area contributed by atoms with Crippen LogP contribution in [0.1, 0.15) is 0 Å². The zero-order chi connectivity index (χ0) is 7.98. The Balaban J connectivity index is 3.66. The van der Waals surface area contributed by atoms with Gasteiger partial charge in [-0.05, 0) is 0 Å². The highest BCUT2D eigenvalue weighted by molar-refractivity contribution is 5.76. The van der Waals surface area contributed by atoms with Crippen molar-refractivity contribution in [1.82, 2.24) is 0 Å². The Kier molecular flexibility index (Phi) is 4.17. The molecule has 0 rings (SSSR count). The van der Waals surface area contributed by atoms with Crippen molar-refractivity contribution in [2.45, 2.75) is 6.10 Å². The van der Waals surface area contributed by atoms with Gasteiger partial charge >= 0.3 is 0 Å². The van der Waals surface area contributed by atoms with Crippen molar-refractivity contribution in [3.05, 3.63) is 0 Å². The zero-order valence-electron chi connectivity index (χ0n) is 5.31. The lowest BCUT2D eigenvalue weighted by Gasteiger charge is -1.94. The van der Waals surface area contributed by atoms with Crippen LogP contribution in [0.3, 0.4) is 0 Å². The molecule has 6 N–H and O–H groups in total. The maximum Gasteiger partial charge on any atom is 0.211 e. The molecule has 1 atom stereocenters. The molecule has 58 valence electrons. The summed E-state index contributed by atoms with van der Waals surface area (Å²) >= 11 is 0. The Morgan fingerprint density at radius 3 is 2.60 bits per heavy atom. The summed E-state index contributed by atoms with van der Waals surface area (Å²) in [5.74, 6) is -0.193. The number of hydrogen-bond acceptors (Lipinski definition) is 4. The van der Waals surface area contributed by atoms with Gasteiger partial charge in [0.1, 0.15) is 6.10 Å². The summed E-state index contributed by atoms with van der Waals surface area (Å²) in [5, 5.41) is 23.3. The van der Waals surface area contributed by atoms with Crippen LogP contribution in [0.4, 0.5) is 0 Å². The topological polar surface area (TPSA) is 117 Å². The number of guanidine groups is 1. The smallest absolute Gasteiger partial charge is 0.211 e. The maximum atomic E-state index is 8.62. The van der Waals surface area contributed by atoms with Gasteiger partial charge in [-0.2, -0.15) is 5.10 Å². The summed E-state index contributed by atoms with van der Waals surface area (Å²) in [4.78, 5) is 0. The summed E-state index contributed by atoms with van der Waals surface area (Å²) < 4.78 is 0. The second-order valence-corrected chi connectivity index (χ2v) is 1.54. The minimum Gasteiger partial charge on any atom is -0.393 e. The highest BCUT2D eigenvalue weighted by Crippen LogP contribution is 1.75. The molecule has 6 nitrogen and oxygen atoms in total. The molecule has 0 saturated heterocycles. The van der Waals surface area contributed by atoms with E-state index in [0.717, 1.165) is 6.21 Å². The predicted molar refractivity (Wildman–Crippen MR) is 37.4 cm³/mol. The van der Waals surface area contributed by atoms with Crippen molar-refractivity contribution in [3.63, 3.8) is 0 Å². The van der Waals surface area contributed by atoms with Crippen LogP contribution in [0.5, 0.6) is 0 Å². The molecule has 0 radical (unpaired) electrons. The van der Waals surface area contributed by atoms with E-state index in [-0.39, 0.29) is 5.96 Å². The lowest BCUT2D eigenvalue weighted by molar-refractivity contribution is 0.148. The second kappa shape index (κ2) is 4.71. The number of nitrogens with two attached hydrogens (primary N) is 2. The number of nitrogens with zero attached hydrogens (tertiary/aromatic N) is 2. The second-order valence-electron chi connectivity index (χ2n) is 1.54. The van der Waals surface area contributed by atoms with Gasteiger partial charge < -0.3 is 21.7 Å². The third-order valence-corrected chi connectivity index (χ3v) is 0.599. The number of hydrogen-bond donors (Lipinski definition) is 4. The van der Waals surface area contributed by atoms with Crippen LogP contribution in [0.15, 0.2) is 10.2 Å². The lowest BCUT2D eigenvalue weighted by Crippen LogP contribution is -2.22. The van der Waals surface area contributed by atoms with Crippen LogP contribution in [0.25, 0.3) is 0 Å². The average Bonchev–Trinajstić information content (AvgIpc) is 1.87. The summed E-state index contributed by atoms with van der Waals surface area (Å²) in [6.45, 7) is -0.399. The molecule has 6 heteroatoms. The molecule has 0 aromatic carbocycles. The molecular weight excluding hydrogens is 136 g/mol. The quantitative estimate of drug-likeness (QED) is 0.201. The van der Waals surface area contributed by atoms with Crippen LogP contribution < -0.4 is 11.5 Å². The van der Waals surface area contributed by atoms with Gasteiger partial charge in [0.15, 0.2) is 0 Å². The van der Waals surface area contributed by atoms with E-state index in [1.807, 2.05) is 0 Å². The van der Waals surface area contributed by atoms with Gasteiger partial charge in [0.05, 0.1) is 12.8 Å². The van der Waals surface area contributed by atoms with Crippen molar-refractivity contribution in [2.24, 2.45) is 21.7 Å². The summed E-state index contributed by atoms with van der Waals surface area (Å²) in [5.41, 5.74) is 9.78. The largest absolute Gasteiger partial charge is 0.393 e. The molecule has 0 unspecified atom stereocenters. The van der Waals surface area contributed by atoms with E-state index in [0.29, 0.717) is 0 Å². The Bertz CT molecular complexity index is 140. The first-order valence-corrected chi connectivity index (χ1v) is 2.58. The summed E-state index contributed by atoms with van der Waals surface area (Å²) in [6.07, 6.45) is 0.0165. The third-order valence-electron chi connectivity index (χ3n) is 0.599. The van der Waals surface area contributed by atoms with Gasteiger partial charge in [-0.25, -0.2) is 0 Å². The molecule has 0 heterocycles. The maximum absolute atomic E-state index is 8.62. The first kappa shape index (κ1) is 8.86. The highest BCUT2D eigenvalue weighted by atomic mass is 16.3. The molecular formula is C4H10N4O2. The fourth-order valence-corrected chi connectivity index (χ4v) is 0.224. The van der Waals surface area contributed by atoms with Gasteiger partial charge in [0, 0.05) is 0 Å². The molecule has 0 amide bonds. The van der Waals surface area contributed by atoms with Crippen LogP contribution in [0, 0.1) is 0 Å². The van der Waals surface area contributed by atoms with Gasteiger partial charge in [0.2, 0.25) is 5.96 Å². The van der Waals surface area contributed by atoms with Crippen molar-refractivity contribution in [3.8, 4) is 0 Å². The SMILES string of the molecule is NC(N)=N/N=C/[C@@H](O)CO. The lowest BCUT2D eigenvalue weighted by atomic mass is 10.4. The van der Waals surface area contributed by atoms with Gasteiger partial charge in [-0.15, -0.1) is 5.10 Å². The van der Waals surface area contributed by atoms with E-state index in [9.17, 15) is 0 Å². The normalized spacial score (nSPS) is 13.4. The van der Waals surface area contributed by atoms with E-state index in [4.69, 9.17) is 21.7 Å². The Morgan fingerprint density at radius 1 is 1.60 bits per heavy atom. The molecule has 0 bridgehead atoms. The van der Waals surface area contributed by atoms with Crippen LogP contribution in [0.2, 0.25) is 0 Å². The van der Waals surface area contributed by atoms with E-state index in [2.05, 4.69) is 10.2 Å². The van der Waals surface area contributed by atoms with Gasteiger partial charge in [-0.3, -0.25) is 0 Å². The molecule has 10 heavy (non-hydrogen) atoms. The van der Waals surface area contributed by atoms with Crippen molar-refractivity contribution in [2.75, 3.05) is 6.61 Å². The molecule has 0 aliphatic carbocycles. The Hall–Kier alpha value is -1.14. The summed E-state index contributed by atoms with van der Waals surface area (Å²) in [6, 6.07) is 0. The van der Waals surface area contributed by atoms with Crippen molar-refractivity contribution < 1.29 is 10.2 Å². The average molecular weight is 146 g/mol. The predicted octanol–water partition coefficient (Wildman–Crippen LogP) is -2.40. The Morgan fingerprint density at radius 2 is 2.20 bits per heavy atom. The number of aliphatic hydroxyl groups is 2. The molecule has 0 aliphatic heterocycles. The number of aliphatic hydroxyl groups excluding tert-OH is 2. The first-order chi connectivity index (χ1) is 4.66. The highest BCUT2D eigenvalue weighted by Gasteiger charge is 1.92. The third kappa shape index (κ3) is 5.01. The zero-order valence-corrected chi connectivity index (χ0v) is 5.31. The van der Waals surface area contributed by atoms with Crippen molar-refractivity contribution in [1.29, 1.82) is 0 Å². The first-order valence-electron chi connectivity index (χ1n) is 2.58. The molecule has 0 aliphatic rings. The van der Waals surface area contributed by atoms with Crippen LogP contribution in [-0.2, 0) is 0 Å². The molecule has 0 saturated carbocycles. The summed E-state index contributed by atoms with van der Waals surface area (Å²) in [7, 11) is 0. The van der Waals surface area contributed by atoms with E-state index < -0.39 is 12.7 Å². The fourth-order valence-electron chi connectivity index (χ4n) is 0.224. The van der Waals surface area contributed by atoms with E-state index in [1.54, 1.807) is 0 Å². The monoisotopic (exact) mass is 146 g/mol. The van der Waals surface area contributed by atoms with Gasteiger partial charge in [0.25, 0.3) is 0 Å². The van der Waals surface area contributed by atoms with Crippen LogP contribution >= 0.6 is 0 Å². The van der Waals surface area contributed by atoms with Crippen LogP contribution in [-0.4, -0.2) is 35.1 Å². The number of rotatable bonds is 3.